The molecule has 5 nitrogen and oxygen atoms in total. The molecule has 0 saturated carbocycles. The van der Waals surface area contributed by atoms with Gasteiger partial charge < -0.3 is 9.73 Å². The van der Waals surface area contributed by atoms with Crippen molar-refractivity contribution in [2.75, 3.05) is 13.6 Å². The first-order chi connectivity index (χ1) is 10.1. The van der Waals surface area contributed by atoms with Gasteiger partial charge in [0.25, 0.3) is 10.0 Å². The van der Waals surface area contributed by atoms with E-state index < -0.39 is 10.0 Å². The van der Waals surface area contributed by atoms with Gasteiger partial charge in [-0.25, -0.2) is 13.1 Å². The lowest BCUT2D eigenvalue weighted by molar-refractivity contribution is 0.400. The van der Waals surface area contributed by atoms with Crippen molar-refractivity contribution >= 4 is 10.0 Å². The zero-order chi connectivity index (χ0) is 15.1. The third-order valence-electron chi connectivity index (χ3n) is 3.13. The van der Waals surface area contributed by atoms with Gasteiger partial charge in [-0.1, -0.05) is 30.3 Å². The Hall–Kier alpha value is -1.63. The van der Waals surface area contributed by atoms with Crippen molar-refractivity contribution in [2.24, 2.45) is 0 Å². The van der Waals surface area contributed by atoms with E-state index in [2.05, 4.69) is 22.2 Å². The fourth-order valence-corrected chi connectivity index (χ4v) is 2.64. The van der Waals surface area contributed by atoms with Crippen LogP contribution in [0.25, 0.3) is 0 Å². The molecule has 0 aliphatic carbocycles. The SMILES string of the molecule is CNS(=O)(=O)c1ccc(CNCCCc2ccccc2)o1. The molecule has 0 unspecified atom stereocenters. The van der Waals surface area contributed by atoms with Crippen LogP contribution in [0.2, 0.25) is 0 Å². The highest BCUT2D eigenvalue weighted by atomic mass is 32.2. The number of rotatable bonds is 8. The van der Waals surface area contributed by atoms with Gasteiger partial charge in [0.1, 0.15) is 5.76 Å². The van der Waals surface area contributed by atoms with Crippen LogP contribution in [0.15, 0.2) is 52.0 Å². The lowest BCUT2D eigenvalue weighted by Gasteiger charge is -2.03. The van der Waals surface area contributed by atoms with Gasteiger partial charge in [-0.2, -0.15) is 0 Å². The Morgan fingerprint density at radius 1 is 1.10 bits per heavy atom. The molecule has 1 aromatic carbocycles. The van der Waals surface area contributed by atoms with Crippen LogP contribution in [0, 0.1) is 0 Å². The topological polar surface area (TPSA) is 71.3 Å². The van der Waals surface area contributed by atoms with Crippen LogP contribution < -0.4 is 10.0 Å². The van der Waals surface area contributed by atoms with Crippen LogP contribution in [0.4, 0.5) is 0 Å². The van der Waals surface area contributed by atoms with Crippen LogP contribution in [0.1, 0.15) is 17.7 Å². The zero-order valence-electron chi connectivity index (χ0n) is 12.0. The highest BCUT2D eigenvalue weighted by Crippen LogP contribution is 2.13. The largest absolute Gasteiger partial charge is 0.447 e. The second kappa shape index (κ2) is 7.40. The van der Waals surface area contributed by atoms with Gasteiger partial charge in [0, 0.05) is 0 Å². The van der Waals surface area contributed by atoms with Crippen molar-refractivity contribution in [3.8, 4) is 0 Å². The van der Waals surface area contributed by atoms with Crippen molar-refractivity contribution in [2.45, 2.75) is 24.5 Å². The fraction of sp³-hybridized carbons (Fsp3) is 0.333. The molecule has 1 aromatic heterocycles. The summed E-state index contributed by atoms with van der Waals surface area (Å²) in [6.45, 7) is 1.37. The highest BCUT2D eigenvalue weighted by Gasteiger charge is 2.15. The van der Waals surface area contributed by atoms with E-state index in [1.165, 1.54) is 18.7 Å². The van der Waals surface area contributed by atoms with Crippen LogP contribution in [-0.4, -0.2) is 22.0 Å². The molecule has 0 amide bonds. The monoisotopic (exact) mass is 308 g/mol. The second-order valence-electron chi connectivity index (χ2n) is 4.69. The molecule has 0 atom stereocenters. The van der Waals surface area contributed by atoms with Gasteiger partial charge in [0.2, 0.25) is 5.09 Å². The summed E-state index contributed by atoms with van der Waals surface area (Å²) in [5.74, 6) is 0.614. The quantitative estimate of drug-likeness (QED) is 0.731. The molecule has 0 spiro atoms. The maximum absolute atomic E-state index is 11.5. The Bertz CT molecular complexity index is 651. The van der Waals surface area contributed by atoms with E-state index >= 15 is 0 Å². The van der Waals surface area contributed by atoms with Crippen LogP contribution in [0.3, 0.4) is 0 Å². The van der Waals surface area contributed by atoms with Gasteiger partial charge in [-0.15, -0.1) is 0 Å². The number of sulfonamides is 1. The lowest BCUT2D eigenvalue weighted by atomic mass is 10.1. The second-order valence-corrected chi connectivity index (χ2v) is 6.51. The van der Waals surface area contributed by atoms with Gasteiger partial charge in [-0.05, 0) is 44.1 Å². The predicted molar refractivity (Wildman–Crippen MR) is 81.4 cm³/mol. The molecule has 114 valence electrons. The van der Waals surface area contributed by atoms with Crippen LogP contribution >= 0.6 is 0 Å². The molecule has 0 aliphatic rings. The van der Waals surface area contributed by atoms with Gasteiger partial charge in [0.15, 0.2) is 0 Å². The minimum atomic E-state index is -3.49. The van der Waals surface area contributed by atoms with E-state index in [1.807, 2.05) is 18.2 Å². The fourth-order valence-electron chi connectivity index (χ4n) is 1.97. The molecule has 2 aromatic rings. The maximum atomic E-state index is 11.5. The summed E-state index contributed by atoms with van der Waals surface area (Å²) in [5, 5.41) is 3.20. The molecule has 2 N–H and O–H groups in total. The Labute approximate surface area is 125 Å². The summed E-state index contributed by atoms with van der Waals surface area (Å²) in [7, 11) is -2.13. The zero-order valence-corrected chi connectivity index (χ0v) is 12.8. The maximum Gasteiger partial charge on any atom is 0.273 e. The van der Waals surface area contributed by atoms with E-state index in [0.717, 1.165) is 19.4 Å². The predicted octanol–water partition coefficient (Wildman–Crippen LogP) is 1.91. The van der Waals surface area contributed by atoms with Gasteiger partial charge in [-0.3, -0.25) is 0 Å². The third kappa shape index (κ3) is 4.70. The van der Waals surface area contributed by atoms with Crippen molar-refractivity contribution in [1.82, 2.24) is 10.0 Å². The number of nitrogens with one attached hydrogen (secondary N) is 2. The summed E-state index contributed by atoms with van der Waals surface area (Å²) >= 11 is 0. The Balaban J connectivity index is 1.72. The number of benzene rings is 1. The van der Waals surface area contributed by atoms with E-state index in [0.29, 0.717) is 12.3 Å². The average molecular weight is 308 g/mol. The molecule has 0 saturated heterocycles. The summed E-state index contributed by atoms with van der Waals surface area (Å²) < 4.78 is 30.6. The van der Waals surface area contributed by atoms with Gasteiger partial charge >= 0.3 is 0 Å². The number of furan rings is 1. The Morgan fingerprint density at radius 3 is 2.57 bits per heavy atom. The van der Waals surface area contributed by atoms with Crippen molar-refractivity contribution < 1.29 is 12.8 Å². The molecule has 6 heteroatoms. The first-order valence-electron chi connectivity index (χ1n) is 6.89. The normalized spacial score (nSPS) is 11.7. The number of aryl methyl sites for hydroxylation is 1. The summed E-state index contributed by atoms with van der Waals surface area (Å²) in [5.41, 5.74) is 1.32. The summed E-state index contributed by atoms with van der Waals surface area (Å²) in [6.07, 6.45) is 2.04. The highest BCUT2D eigenvalue weighted by molar-refractivity contribution is 7.89. The molecular formula is C15H20N2O3S. The lowest BCUT2D eigenvalue weighted by Crippen LogP contribution is -2.18. The standard InChI is InChI=1S/C15H20N2O3S/c1-16-21(18,19)15-10-9-14(20-15)12-17-11-5-8-13-6-3-2-4-7-13/h2-4,6-7,9-10,16-17H,5,8,11-12H2,1H3. The molecule has 1 heterocycles. The van der Waals surface area contributed by atoms with Crippen molar-refractivity contribution in [1.29, 1.82) is 0 Å². The first-order valence-corrected chi connectivity index (χ1v) is 8.37. The average Bonchev–Trinajstić information content (AvgIpc) is 2.98. The molecule has 0 bridgehead atoms. The van der Waals surface area contributed by atoms with E-state index in [-0.39, 0.29) is 5.09 Å². The van der Waals surface area contributed by atoms with Gasteiger partial charge in [0.05, 0.1) is 6.54 Å². The summed E-state index contributed by atoms with van der Waals surface area (Å²) in [4.78, 5) is 0. The summed E-state index contributed by atoms with van der Waals surface area (Å²) in [6, 6.07) is 13.4. The first kappa shape index (κ1) is 15.8. The minimum Gasteiger partial charge on any atom is -0.447 e. The molecule has 0 radical (unpaired) electrons. The molecule has 2 rings (SSSR count). The van der Waals surface area contributed by atoms with Crippen LogP contribution in [-0.2, 0) is 23.0 Å². The molecule has 0 aliphatic heterocycles. The Kier molecular flexibility index (Phi) is 5.55. The minimum absolute atomic E-state index is 0.0499. The van der Waals surface area contributed by atoms with E-state index in [9.17, 15) is 8.42 Å². The van der Waals surface area contributed by atoms with E-state index in [4.69, 9.17) is 4.42 Å². The molecular weight excluding hydrogens is 288 g/mol. The molecule has 0 fully saturated rings. The Morgan fingerprint density at radius 2 is 1.86 bits per heavy atom. The van der Waals surface area contributed by atoms with Crippen LogP contribution in [0.5, 0.6) is 0 Å². The van der Waals surface area contributed by atoms with E-state index in [1.54, 1.807) is 6.07 Å². The number of hydrogen-bond donors (Lipinski definition) is 2. The smallest absolute Gasteiger partial charge is 0.273 e. The van der Waals surface area contributed by atoms with Crippen molar-refractivity contribution in [3.05, 3.63) is 53.8 Å². The molecule has 21 heavy (non-hydrogen) atoms. The number of hydrogen-bond acceptors (Lipinski definition) is 4. The van der Waals surface area contributed by atoms with Crippen molar-refractivity contribution in [3.63, 3.8) is 0 Å². The third-order valence-corrected chi connectivity index (χ3v) is 4.42.